The Hall–Kier alpha value is -1.11. The third-order valence-corrected chi connectivity index (χ3v) is 4.23. The Labute approximate surface area is 134 Å². The highest BCUT2D eigenvalue weighted by atomic mass is 79.9. The first-order valence-electron chi connectivity index (χ1n) is 5.91. The van der Waals surface area contributed by atoms with Crippen LogP contribution in [0.5, 0.6) is 0 Å². The van der Waals surface area contributed by atoms with Crippen molar-refractivity contribution in [3.63, 3.8) is 0 Å². The number of ether oxygens (including phenoxy) is 1. The zero-order valence-corrected chi connectivity index (χ0v) is 13.8. The molecule has 1 heterocycles. The minimum absolute atomic E-state index is 0.325. The van der Waals surface area contributed by atoms with E-state index in [0.29, 0.717) is 23.2 Å². The van der Waals surface area contributed by atoms with Crippen LogP contribution >= 0.6 is 38.9 Å². The smallest absolute Gasteiger partial charge is 0.338 e. The second-order valence-electron chi connectivity index (χ2n) is 3.85. The van der Waals surface area contributed by atoms with Crippen LogP contribution < -0.4 is 5.32 Å². The second kappa shape index (κ2) is 7.06. The molecule has 4 nitrogen and oxygen atoms in total. The van der Waals surface area contributed by atoms with Gasteiger partial charge in [0.25, 0.3) is 0 Å². The molecule has 1 aromatic carbocycles. The van der Waals surface area contributed by atoms with Crippen LogP contribution in [0, 0.1) is 0 Å². The first-order valence-corrected chi connectivity index (χ1v) is 7.89. The number of thiazole rings is 1. The number of esters is 1. The van der Waals surface area contributed by atoms with Gasteiger partial charge in [-0.05, 0) is 41.1 Å². The summed E-state index contributed by atoms with van der Waals surface area (Å²) in [6, 6.07) is 5.30. The molecule has 0 fully saturated rings. The van der Waals surface area contributed by atoms with E-state index in [1.807, 2.05) is 6.07 Å². The van der Waals surface area contributed by atoms with Gasteiger partial charge in [0.2, 0.25) is 0 Å². The predicted molar refractivity (Wildman–Crippen MR) is 84.5 cm³/mol. The van der Waals surface area contributed by atoms with Crippen LogP contribution in [0.3, 0.4) is 0 Å². The predicted octanol–water partition coefficient (Wildman–Crippen LogP) is 4.35. The summed E-state index contributed by atoms with van der Waals surface area (Å²) in [6.07, 6.45) is 1.74. The molecule has 0 aliphatic rings. The van der Waals surface area contributed by atoms with Gasteiger partial charge in [-0.25, -0.2) is 9.78 Å². The Kier molecular flexibility index (Phi) is 5.39. The maximum Gasteiger partial charge on any atom is 0.338 e. The minimum atomic E-state index is -0.325. The third kappa shape index (κ3) is 3.94. The van der Waals surface area contributed by atoms with Gasteiger partial charge in [0.05, 0.1) is 18.7 Å². The summed E-state index contributed by atoms with van der Waals surface area (Å²) >= 11 is 10.6. The lowest BCUT2D eigenvalue weighted by atomic mass is 10.2. The molecule has 0 atom stereocenters. The van der Waals surface area contributed by atoms with Crippen LogP contribution in [-0.4, -0.2) is 17.6 Å². The van der Waals surface area contributed by atoms with Crippen molar-refractivity contribution in [1.29, 1.82) is 0 Å². The van der Waals surface area contributed by atoms with Crippen LogP contribution in [0.4, 0.5) is 5.69 Å². The van der Waals surface area contributed by atoms with Crippen molar-refractivity contribution in [3.8, 4) is 0 Å². The van der Waals surface area contributed by atoms with E-state index >= 15 is 0 Å². The molecule has 0 bridgehead atoms. The molecule has 0 amide bonds. The van der Waals surface area contributed by atoms with E-state index in [9.17, 15) is 4.79 Å². The molecule has 1 N–H and O–H groups in total. The van der Waals surface area contributed by atoms with Gasteiger partial charge in [-0.3, -0.25) is 0 Å². The largest absolute Gasteiger partial charge is 0.462 e. The monoisotopic (exact) mass is 374 g/mol. The highest BCUT2D eigenvalue weighted by molar-refractivity contribution is 9.10. The summed E-state index contributed by atoms with van der Waals surface area (Å²) < 4.78 is 6.28. The van der Waals surface area contributed by atoms with Crippen molar-refractivity contribution in [2.75, 3.05) is 11.9 Å². The van der Waals surface area contributed by atoms with Gasteiger partial charge in [-0.1, -0.05) is 11.6 Å². The number of anilines is 1. The van der Waals surface area contributed by atoms with Crippen LogP contribution in [-0.2, 0) is 11.3 Å². The van der Waals surface area contributed by atoms with Gasteiger partial charge in [0.1, 0.15) is 0 Å². The van der Waals surface area contributed by atoms with Crippen molar-refractivity contribution < 1.29 is 9.53 Å². The van der Waals surface area contributed by atoms with E-state index in [1.54, 1.807) is 25.3 Å². The first-order chi connectivity index (χ1) is 9.60. The molecule has 2 rings (SSSR count). The van der Waals surface area contributed by atoms with Crippen molar-refractivity contribution in [1.82, 2.24) is 4.98 Å². The lowest BCUT2D eigenvalue weighted by molar-refractivity contribution is 0.0526. The Morgan fingerprint density at radius 2 is 2.35 bits per heavy atom. The van der Waals surface area contributed by atoms with Crippen molar-refractivity contribution in [2.24, 2.45) is 0 Å². The van der Waals surface area contributed by atoms with Crippen molar-refractivity contribution >= 4 is 50.5 Å². The van der Waals surface area contributed by atoms with E-state index in [-0.39, 0.29) is 5.97 Å². The normalized spacial score (nSPS) is 10.3. The fraction of sp³-hybridized carbons (Fsp3) is 0.231. The number of carbonyl (C=O) groups is 1. The van der Waals surface area contributed by atoms with E-state index in [4.69, 9.17) is 16.3 Å². The Balaban J connectivity index is 2.04. The van der Waals surface area contributed by atoms with Crippen molar-refractivity contribution in [3.05, 3.63) is 43.8 Å². The first kappa shape index (κ1) is 15.3. The maximum atomic E-state index is 11.6. The standard InChI is InChI=1S/C13H12BrClN2O2S/c1-2-19-12(18)8-3-4-11(10(14)5-8)16-6-9-7-17-13(15)20-9/h3-5,7,16H,2,6H2,1H3. The quantitative estimate of drug-likeness (QED) is 0.789. The molecule has 0 saturated heterocycles. The molecule has 106 valence electrons. The van der Waals surface area contributed by atoms with Gasteiger partial charge >= 0.3 is 5.97 Å². The second-order valence-corrected chi connectivity index (χ2v) is 6.40. The van der Waals surface area contributed by atoms with Gasteiger partial charge in [0, 0.05) is 21.2 Å². The number of halogens is 2. The average Bonchev–Trinajstić information content (AvgIpc) is 2.83. The van der Waals surface area contributed by atoms with Gasteiger partial charge in [-0.2, -0.15) is 0 Å². The topological polar surface area (TPSA) is 51.2 Å². The molecule has 7 heteroatoms. The maximum absolute atomic E-state index is 11.6. The summed E-state index contributed by atoms with van der Waals surface area (Å²) in [5.41, 5.74) is 1.41. The summed E-state index contributed by atoms with van der Waals surface area (Å²) in [5.74, 6) is -0.325. The van der Waals surface area contributed by atoms with Crippen LogP contribution in [0.1, 0.15) is 22.2 Å². The van der Waals surface area contributed by atoms with Crippen LogP contribution in [0.25, 0.3) is 0 Å². The van der Waals surface area contributed by atoms with Crippen LogP contribution in [0.2, 0.25) is 4.47 Å². The van der Waals surface area contributed by atoms with Gasteiger partial charge in [-0.15, -0.1) is 11.3 Å². The number of hydrogen-bond donors (Lipinski definition) is 1. The van der Waals surface area contributed by atoms with E-state index in [0.717, 1.165) is 15.0 Å². The SMILES string of the molecule is CCOC(=O)c1ccc(NCc2cnc(Cl)s2)c(Br)c1. The lowest BCUT2D eigenvalue weighted by Crippen LogP contribution is -2.05. The van der Waals surface area contributed by atoms with E-state index in [2.05, 4.69) is 26.2 Å². The summed E-state index contributed by atoms with van der Waals surface area (Å²) in [6.45, 7) is 2.77. The molecular weight excluding hydrogens is 364 g/mol. The highest BCUT2D eigenvalue weighted by Gasteiger charge is 2.09. The summed E-state index contributed by atoms with van der Waals surface area (Å²) in [5, 5.41) is 3.25. The zero-order chi connectivity index (χ0) is 14.5. The molecule has 2 aromatic rings. The molecule has 0 unspecified atom stereocenters. The number of hydrogen-bond acceptors (Lipinski definition) is 5. The number of rotatable bonds is 5. The molecule has 0 saturated carbocycles. The third-order valence-electron chi connectivity index (χ3n) is 2.46. The molecule has 0 radical (unpaired) electrons. The van der Waals surface area contributed by atoms with Crippen molar-refractivity contribution in [2.45, 2.75) is 13.5 Å². The Morgan fingerprint density at radius 3 is 2.95 bits per heavy atom. The molecular formula is C13H12BrClN2O2S. The molecule has 0 aliphatic carbocycles. The molecule has 0 aliphatic heterocycles. The van der Waals surface area contributed by atoms with E-state index in [1.165, 1.54) is 11.3 Å². The number of carbonyl (C=O) groups excluding carboxylic acids is 1. The fourth-order valence-corrected chi connectivity index (χ4v) is 2.98. The minimum Gasteiger partial charge on any atom is -0.462 e. The molecule has 20 heavy (non-hydrogen) atoms. The number of nitrogens with one attached hydrogen (secondary N) is 1. The number of nitrogens with zero attached hydrogens (tertiary/aromatic N) is 1. The summed E-state index contributed by atoms with van der Waals surface area (Å²) in [7, 11) is 0. The number of benzene rings is 1. The van der Waals surface area contributed by atoms with Gasteiger partial charge in [0.15, 0.2) is 4.47 Å². The lowest BCUT2D eigenvalue weighted by Gasteiger charge is -2.09. The van der Waals surface area contributed by atoms with E-state index < -0.39 is 0 Å². The highest BCUT2D eigenvalue weighted by Crippen LogP contribution is 2.26. The average molecular weight is 376 g/mol. The zero-order valence-electron chi connectivity index (χ0n) is 10.7. The van der Waals surface area contributed by atoms with Crippen LogP contribution in [0.15, 0.2) is 28.9 Å². The van der Waals surface area contributed by atoms with Gasteiger partial charge < -0.3 is 10.1 Å². The summed E-state index contributed by atoms with van der Waals surface area (Å²) in [4.78, 5) is 16.6. The molecule has 1 aromatic heterocycles. The fourth-order valence-electron chi connectivity index (χ4n) is 1.55. The Bertz CT molecular complexity index is 618. The Morgan fingerprint density at radius 1 is 1.55 bits per heavy atom. The molecule has 0 spiro atoms. The number of aromatic nitrogens is 1.